The van der Waals surface area contributed by atoms with Crippen LogP contribution < -0.4 is 5.43 Å². The first-order valence-electron chi connectivity index (χ1n) is 5.72. The van der Waals surface area contributed by atoms with Gasteiger partial charge in [0.25, 0.3) is 0 Å². The highest BCUT2D eigenvalue weighted by atomic mass is 79.9. The summed E-state index contributed by atoms with van der Waals surface area (Å²) in [5, 5.41) is 0.634. The van der Waals surface area contributed by atoms with Crippen LogP contribution in [0.2, 0.25) is 0 Å². The van der Waals surface area contributed by atoms with E-state index in [-0.39, 0.29) is 11.2 Å². The molecule has 3 rings (SSSR count). The maximum absolute atomic E-state index is 13.0. The first-order valence-corrected chi connectivity index (χ1v) is 6.51. The molecule has 1 aromatic heterocycles. The van der Waals surface area contributed by atoms with Crippen molar-refractivity contribution in [1.82, 2.24) is 4.57 Å². The number of benzene rings is 2. The largest absolute Gasteiger partial charge is 0.316 e. The first kappa shape index (κ1) is 12.1. The highest BCUT2D eigenvalue weighted by molar-refractivity contribution is 9.10. The number of fused-ring (bicyclic) bond motifs is 1. The Hall–Kier alpha value is -1.94. The third-order valence-electron chi connectivity index (χ3n) is 2.96. The van der Waals surface area contributed by atoms with Crippen molar-refractivity contribution in [2.45, 2.75) is 0 Å². The molecule has 0 N–H and O–H groups in total. The van der Waals surface area contributed by atoms with Crippen LogP contribution in [-0.4, -0.2) is 4.57 Å². The van der Waals surface area contributed by atoms with Gasteiger partial charge in [0.1, 0.15) is 5.82 Å². The molecule has 0 aliphatic carbocycles. The SMILES string of the molecule is O=c1ccn(-c2ccc(F)cc2)c2cc(Br)ccc12. The Morgan fingerprint density at radius 1 is 1.00 bits per heavy atom. The topological polar surface area (TPSA) is 22.0 Å². The molecule has 4 heteroatoms. The summed E-state index contributed by atoms with van der Waals surface area (Å²) in [6, 6.07) is 13.2. The number of nitrogens with zero attached hydrogens (tertiary/aromatic N) is 1. The summed E-state index contributed by atoms with van der Waals surface area (Å²) in [5.74, 6) is -0.282. The lowest BCUT2D eigenvalue weighted by molar-refractivity contribution is 0.627. The average molecular weight is 318 g/mol. The average Bonchev–Trinajstić information content (AvgIpc) is 2.40. The van der Waals surface area contributed by atoms with Gasteiger partial charge in [-0.25, -0.2) is 4.39 Å². The molecular formula is C15H9BrFNO. The van der Waals surface area contributed by atoms with E-state index in [9.17, 15) is 9.18 Å². The van der Waals surface area contributed by atoms with Crippen LogP contribution in [0.1, 0.15) is 0 Å². The lowest BCUT2D eigenvalue weighted by Crippen LogP contribution is -2.06. The number of hydrogen-bond donors (Lipinski definition) is 0. The normalized spacial score (nSPS) is 10.8. The van der Waals surface area contributed by atoms with Crippen molar-refractivity contribution in [3.63, 3.8) is 0 Å². The lowest BCUT2D eigenvalue weighted by atomic mass is 10.2. The molecule has 0 amide bonds. The third-order valence-corrected chi connectivity index (χ3v) is 3.46. The maximum atomic E-state index is 13.0. The standard InChI is InChI=1S/C15H9BrFNO/c16-10-1-6-13-14(9-10)18(8-7-15(13)19)12-4-2-11(17)3-5-12/h1-9H. The molecule has 3 aromatic rings. The van der Waals surface area contributed by atoms with Crippen LogP contribution >= 0.6 is 15.9 Å². The second kappa shape index (κ2) is 4.63. The van der Waals surface area contributed by atoms with E-state index in [1.54, 1.807) is 24.4 Å². The van der Waals surface area contributed by atoms with Crippen molar-refractivity contribution in [2.24, 2.45) is 0 Å². The van der Waals surface area contributed by atoms with Gasteiger partial charge in [0.05, 0.1) is 5.52 Å². The molecular weight excluding hydrogens is 309 g/mol. The molecule has 0 aliphatic heterocycles. The Labute approximate surface area is 117 Å². The summed E-state index contributed by atoms with van der Waals surface area (Å²) in [6.07, 6.45) is 1.70. The zero-order valence-corrected chi connectivity index (χ0v) is 11.4. The van der Waals surface area contributed by atoms with E-state index in [4.69, 9.17) is 0 Å². The molecule has 1 heterocycles. The quantitative estimate of drug-likeness (QED) is 0.667. The van der Waals surface area contributed by atoms with Crippen LogP contribution in [0.3, 0.4) is 0 Å². The van der Waals surface area contributed by atoms with Gasteiger partial charge in [-0.2, -0.15) is 0 Å². The van der Waals surface area contributed by atoms with Crippen molar-refractivity contribution < 1.29 is 4.39 Å². The summed E-state index contributed by atoms with van der Waals surface area (Å²) < 4.78 is 15.7. The summed E-state index contributed by atoms with van der Waals surface area (Å²) >= 11 is 3.40. The first-order chi connectivity index (χ1) is 9.15. The second-order valence-corrected chi connectivity index (χ2v) is 5.10. The minimum atomic E-state index is -0.282. The van der Waals surface area contributed by atoms with Crippen LogP contribution in [-0.2, 0) is 0 Å². The van der Waals surface area contributed by atoms with E-state index in [0.717, 1.165) is 15.7 Å². The lowest BCUT2D eigenvalue weighted by Gasteiger charge is -2.11. The summed E-state index contributed by atoms with van der Waals surface area (Å²) in [5.41, 5.74) is 1.57. The van der Waals surface area contributed by atoms with Crippen molar-refractivity contribution in [3.8, 4) is 5.69 Å². The van der Waals surface area contributed by atoms with Gasteiger partial charge < -0.3 is 4.57 Å². The molecule has 0 aliphatic rings. The molecule has 0 unspecified atom stereocenters. The van der Waals surface area contributed by atoms with Gasteiger partial charge in [0.2, 0.25) is 0 Å². The molecule has 0 saturated carbocycles. The van der Waals surface area contributed by atoms with Crippen LogP contribution in [0.15, 0.2) is 64.0 Å². The molecule has 0 fully saturated rings. The molecule has 94 valence electrons. The number of pyridine rings is 1. The van der Waals surface area contributed by atoms with Gasteiger partial charge in [0, 0.05) is 27.8 Å². The zero-order valence-electron chi connectivity index (χ0n) is 9.81. The van der Waals surface area contributed by atoms with E-state index >= 15 is 0 Å². The number of halogens is 2. The monoisotopic (exact) mass is 317 g/mol. The predicted octanol–water partition coefficient (Wildman–Crippen LogP) is 3.89. The molecule has 2 nitrogen and oxygen atoms in total. The molecule has 0 saturated heterocycles. The molecule has 0 atom stereocenters. The molecule has 0 spiro atoms. The van der Waals surface area contributed by atoms with Crippen LogP contribution in [0.4, 0.5) is 4.39 Å². The molecule has 2 aromatic carbocycles. The minimum absolute atomic E-state index is 0.0270. The minimum Gasteiger partial charge on any atom is -0.316 e. The summed E-state index contributed by atoms with van der Waals surface area (Å²) in [4.78, 5) is 11.8. The van der Waals surface area contributed by atoms with Gasteiger partial charge in [0.15, 0.2) is 5.43 Å². The maximum Gasteiger partial charge on any atom is 0.189 e. The van der Waals surface area contributed by atoms with E-state index in [2.05, 4.69) is 15.9 Å². The third kappa shape index (κ3) is 2.19. The van der Waals surface area contributed by atoms with Crippen molar-refractivity contribution in [2.75, 3.05) is 0 Å². The molecule has 19 heavy (non-hydrogen) atoms. The summed E-state index contributed by atoms with van der Waals surface area (Å²) in [6.45, 7) is 0. The van der Waals surface area contributed by atoms with E-state index in [0.29, 0.717) is 5.39 Å². The molecule has 0 radical (unpaired) electrons. The van der Waals surface area contributed by atoms with Gasteiger partial charge in [-0.3, -0.25) is 4.79 Å². The Balaban J connectivity index is 2.35. The second-order valence-electron chi connectivity index (χ2n) is 4.19. The fourth-order valence-corrected chi connectivity index (χ4v) is 2.40. The summed E-state index contributed by atoms with van der Waals surface area (Å²) in [7, 11) is 0. The van der Waals surface area contributed by atoms with Gasteiger partial charge in [-0.05, 0) is 42.5 Å². The number of rotatable bonds is 1. The van der Waals surface area contributed by atoms with E-state index in [1.165, 1.54) is 18.2 Å². The van der Waals surface area contributed by atoms with Crippen LogP contribution in [0.5, 0.6) is 0 Å². The van der Waals surface area contributed by atoms with Crippen molar-refractivity contribution in [3.05, 3.63) is 75.2 Å². The van der Waals surface area contributed by atoms with E-state index < -0.39 is 0 Å². The van der Waals surface area contributed by atoms with E-state index in [1.807, 2.05) is 16.7 Å². The fourth-order valence-electron chi connectivity index (χ4n) is 2.05. The highest BCUT2D eigenvalue weighted by Gasteiger charge is 2.05. The van der Waals surface area contributed by atoms with Gasteiger partial charge in [-0.15, -0.1) is 0 Å². The van der Waals surface area contributed by atoms with Crippen LogP contribution in [0.25, 0.3) is 16.6 Å². The Morgan fingerprint density at radius 3 is 2.47 bits per heavy atom. The highest BCUT2D eigenvalue weighted by Crippen LogP contribution is 2.20. The fraction of sp³-hybridized carbons (Fsp3) is 0. The zero-order chi connectivity index (χ0) is 13.4. The van der Waals surface area contributed by atoms with Crippen LogP contribution in [0, 0.1) is 5.82 Å². The Morgan fingerprint density at radius 2 is 1.74 bits per heavy atom. The van der Waals surface area contributed by atoms with Crippen molar-refractivity contribution >= 4 is 26.8 Å². The number of aromatic nitrogens is 1. The Kier molecular flexibility index (Phi) is 2.95. The smallest absolute Gasteiger partial charge is 0.189 e. The predicted molar refractivity (Wildman–Crippen MR) is 77.2 cm³/mol. The van der Waals surface area contributed by atoms with Gasteiger partial charge in [-0.1, -0.05) is 15.9 Å². The Bertz CT molecular complexity index is 808. The number of hydrogen-bond acceptors (Lipinski definition) is 1. The van der Waals surface area contributed by atoms with Gasteiger partial charge >= 0.3 is 0 Å². The molecule has 0 bridgehead atoms. The van der Waals surface area contributed by atoms with Crippen molar-refractivity contribution in [1.29, 1.82) is 0 Å².